The first-order chi connectivity index (χ1) is 17.9. The SMILES string of the molecule is CCC(C)(C)c1ccc(OCC(=O)NNC(=O)c2ccc(NC(=O)c3ccc(C(C)(C)C)cc3)cc2)cc1. The summed E-state index contributed by atoms with van der Waals surface area (Å²) in [5, 5.41) is 2.82. The van der Waals surface area contributed by atoms with Crippen LogP contribution < -0.4 is 20.9 Å². The lowest BCUT2D eigenvalue weighted by molar-refractivity contribution is -0.123. The highest BCUT2D eigenvalue weighted by Crippen LogP contribution is 2.28. The van der Waals surface area contributed by atoms with Crippen LogP contribution in [0, 0.1) is 0 Å². The van der Waals surface area contributed by atoms with Gasteiger partial charge in [-0.2, -0.15) is 0 Å². The molecule has 7 heteroatoms. The van der Waals surface area contributed by atoms with Crippen LogP contribution >= 0.6 is 0 Å². The Kier molecular flexibility index (Phi) is 8.94. The Morgan fingerprint density at radius 3 is 1.76 bits per heavy atom. The van der Waals surface area contributed by atoms with Crippen molar-refractivity contribution in [3.63, 3.8) is 0 Å². The molecule has 0 unspecified atom stereocenters. The van der Waals surface area contributed by atoms with Crippen LogP contribution in [0.4, 0.5) is 5.69 Å². The Bertz CT molecular complexity index is 1260. The van der Waals surface area contributed by atoms with Crippen molar-refractivity contribution in [3.05, 3.63) is 95.1 Å². The highest BCUT2D eigenvalue weighted by molar-refractivity contribution is 6.04. The second-order valence-corrected chi connectivity index (χ2v) is 10.9. The predicted octanol–water partition coefficient (Wildman–Crippen LogP) is 5.76. The number of hydrogen-bond donors (Lipinski definition) is 3. The number of carbonyl (C=O) groups excluding carboxylic acids is 3. The third kappa shape index (κ3) is 7.68. The second-order valence-electron chi connectivity index (χ2n) is 10.9. The van der Waals surface area contributed by atoms with Crippen LogP contribution in [0.2, 0.25) is 0 Å². The molecule has 0 heterocycles. The average molecular weight is 516 g/mol. The van der Waals surface area contributed by atoms with Gasteiger partial charge in [-0.15, -0.1) is 0 Å². The van der Waals surface area contributed by atoms with Gasteiger partial charge >= 0.3 is 0 Å². The molecule has 0 radical (unpaired) electrons. The van der Waals surface area contributed by atoms with E-state index in [1.807, 2.05) is 36.4 Å². The van der Waals surface area contributed by atoms with Crippen molar-refractivity contribution in [1.29, 1.82) is 0 Å². The Morgan fingerprint density at radius 2 is 1.21 bits per heavy atom. The van der Waals surface area contributed by atoms with E-state index in [4.69, 9.17) is 4.74 Å². The zero-order chi connectivity index (χ0) is 27.9. The van der Waals surface area contributed by atoms with E-state index in [1.54, 1.807) is 36.4 Å². The van der Waals surface area contributed by atoms with Crippen molar-refractivity contribution in [2.45, 2.75) is 58.8 Å². The third-order valence-electron chi connectivity index (χ3n) is 6.62. The van der Waals surface area contributed by atoms with Gasteiger partial charge in [-0.1, -0.05) is 65.8 Å². The fourth-order valence-corrected chi connectivity index (χ4v) is 3.62. The number of rotatable bonds is 8. The van der Waals surface area contributed by atoms with Gasteiger partial charge in [-0.25, -0.2) is 0 Å². The lowest BCUT2D eigenvalue weighted by atomic mass is 9.82. The van der Waals surface area contributed by atoms with Gasteiger partial charge < -0.3 is 10.1 Å². The smallest absolute Gasteiger partial charge is 0.276 e. The standard InChI is InChI=1S/C31H37N3O4/c1-7-31(5,6)24-14-18-26(19-15-24)38-20-27(35)33-34-29(37)22-10-16-25(17-11-22)32-28(36)21-8-12-23(13-9-21)30(2,3)4/h8-19H,7,20H2,1-6H3,(H,32,36)(H,33,35)(H,34,37). The number of benzene rings is 3. The zero-order valence-corrected chi connectivity index (χ0v) is 23.0. The molecular weight excluding hydrogens is 478 g/mol. The first kappa shape index (κ1) is 28.4. The molecule has 0 atom stereocenters. The molecule has 3 aromatic rings. The van der Waals surface area contributed by atoms with Gasteiger partial charge in [-0.05, 0) is 76.9 Å². The monoisotopic (exact) mass is 515 g/mol. The zero-order valence-electron chi connectivity index (χ0n) is 23.0. The molecule has 0 saturated heterocycles. The van der Waals surface area contributed by atoms with Gasteiger partial charge in [0.15, 0.2) is 6.61 Å². The van der Waals surface area contributed by atoms with Crippen molar-refractivity contribution in [2.75, 3.05) is 11.9 Å². The molecule has 3 rings (SSSR count). The molecule has 0 bridgehead atoms. The summed E-state index contributed by atoms with van der Waals surface area (Å²) in [6.07, 6.45) is 1.01. The molecule has 0 aliphatic heterocycles. The van der Waals surface area contributed by atoms with Crippen LogP contribution in [0.15, 0.2) is 72.8 Å². The number of carbonyl (C=O) groups is 3. The summed E-state index contributed by atoms with van der Waals surface area (Å²) < 4.78 is 5.52. The highest BCUT2D eigenvalue weighted by atomic mass is 16.5. The predicted molar refractivity (Wildman–Crippen MR) is 150 cm³/mol. The van der Waals surface area contributed by atoms with Crippen LogP contribution in [-0.2, 0) is 15.6 Å². The highest BCUT2D eigenvalue weighted by Gasteiger charge is 2.18. The number of hydrogen-bond acceptors (Lipinski definition) is 4. The molecular formula is C31H37N3O4. The normalized spacial score (nSPS) is 11.4. The molecule has 3 amide bonds. The maximum absolute atomic E-state index is 12.6. The summed E-state index contributed by atoms with van der Waals surface area (Å²) in [7, 11) is 0. The molecule has 38 heavy (non-hydrogen) atoms. The van der Waals surface area contributed by atoms with Gasteiger partial charge in [0, 0.05) is 16.8 Å². The molecule has 0 aliphatic rings. The molecule has 0 fully saturated rings. The van der Waals surface area contributed by atoms with E-state index < -0.39 is 11.8 Å². The van der Waals surface area contributed by atoms with Gasteiger partial charge in [-0.3, -0.25) is 25.2 Å². The van der Waals surface area contributed by atoms with E-state index in [2.05, 4.69) is 57.7 Å². The van der Waals surface area contributed by atoms with Crippen molar-refractivity contribution in [2.24, 2.45) is 0 Å². The maximum Gasteiger partial charge on any atom is 0.276 e. The Labute approximate surface area is 225 Å². The summed E-state index contributed by atoms with van der Waals surface area (Å²) in [6.45, 7) is 12.6. The van der Waals surface area contributed by atoms with Gasteiger partial charge in [0.25, 0.3) is 17.7 Å². The summed E-state index contributed by atoms with van der Waals surface area (Å²) in [6, 6.07) is 21.5. The van der Waals surface area contributed by atoms with E-state index in [0.29, 0.717) is 22.6 Å². The van der Waals surface area contributed by atoms with Gasteiger partial charge in [0.1, 0.15) is 5.75 Å². The number of amides is 3. The maximum atomic E-state index is 12.6. The fraction of sp³-hybridized carbons (Fsp3) is 0.323. The van der Waals surface area contributed by atoms with Crippen LogP contribution in [-0.4, -0.2) is 24.3 Å². The van der Waals surface area contributed by atoms with E-state index in [0.717, 1.165) is 12.0 Å². The Hall–Kier alpha value is -4.13. The number of nitrogens with one attached hydrogen (secondary N) is 3. The van der Waals surface area contributed by atoms with Crippen LogP contribution in [0.25, 0.3) is 0 Å². The lowest BCUT2D eigenvalue weighted by Crippen LogP contribution is -2.43. The Balaban J connectivity index is 1.45. The van der Waals surface area contributed by atoms with E-state index >= 15 is 0 Å². The summed E-state index contributed by atoms with van der Waals surface area (Å²) in [5.74, 6) is -0.638. The van der Waals surface area contributed by atoms with E-state index in [-0.39, 0.29) is 23.3 Å². The topological polar surface area (TPSA) is 96.5 Å². The minimum atomic E-state index is -0.488. The van der Waals surface area contributed by atoms with Crippen molar-refractivity contribution < 1.29 is 19.1 Å². The second kappa shape index (κ2) is 11.9. The van der Waals surface area contributed by atoms with Crippen molar-refractivity contribution >= 4 is 23.4 Å². The largest absolute Gasteiger partial charge is 0.484 e. The summed E-state index contributed by atoms with van der Waals surface area (Å²) in [5.41, 5.74) is 8.57. The molecule has 0 spiro atoms. The van der Waals surface area contributed by atoms with E-state index in [9.17, 15) is 14.4 Å². The van der Waals surface area contributed by atoms with Crippen LogP contribution in [0.1, 0.15) is 79.8 Å². The third-order valence-corrected chi connectivity index (χ3v) is 6.62. The van der Waals surface area contributed by atoms with Crippen molar-refractivity contribution in [3.8, 4) is 5.75 Å². The molecule has 200 valence electrons. The van der Waals surface area contributed by atoms with E-state index in [1.165, 1.54) is 5.56 Å². The molecule has 0 aliphatic carbocycles. The summed E-state index contributed by atoms with van der Waals surface area (Å²) >= 11 is 0. The first-order valence-electron chi connectivity index (χ1n) is 12.7. The number of anilines is 1. The Morgan fingerprint density at radius 1 is 0.684 bits per heavy atom. The molecule has 3 aromatic carbocycles. The minimum absolute atomic E-state index is 0.00983. The molecule has 0 aromatic heterocycles. The number of hydrazine groups is 1. The lowest BCUT2D eigenvalue weighted by Gasteiger charge is -2.23. The quantitative estimate of drug-likeness (QED) is 0.332. The first-order valence-corrected chi connectivity index (χ1v) is 12.7. The van der Waals surface area contributed by atoms with Gasteiger partial charge in [0.05, 0.1) is 0 Å². The van der Waals surface area contributed by atoms with Crippen LogP contribution in [0.3, 0.4) is 0 Å². The number of ether oxygens (including phenoxy) is 1. The molecule has 0 saturated carbocycles. The van der Waals surface area contributed by atoms with Crippen molar-refractivity contribution in [1.82, 2.24) is 10.9 Å². The average Bonchev–Trinajstić information content (AvgIpc) is 2.90. The molecule has 7 nitrogen and oxygen atoms in total. The fourth-order valence-electron chi connectivity index (χ4n) is 3.62. The molecule has 3 N–H and O–H groups in total. The van der Waals surface area contributed by atoms with Crippen LogP contribution in [0.5, 0.6) is 5.75 Å². The van der Waals surface area contributed by atoms with Gasteiger partial charge in [0.2, 0.25) is 0 Å². The summed E-state index contributed by atoms with van der Waals surface area (Å²) in [4.78, 5) is 37.1. The minimum Gasteiger partial charge on any atom is -0.484 e.